The molecule has 358 valence electrons. The zero-order chi connectivity index (χ0) is 47.4. The van der Waals surface area contributed by atoms with Gasteiger partial charge >= 0.3 is 23.3 Å². The summed E-state index contributed by atoms with van der Waals surface area (Å²) < 4.78 is 52.2. The fraction of sp³-hybridized carbons (Fsp3) is 0.636. The zero-order valence-electron chi connectivity index (χ0n) is 38.3. The predicted octanol–water partition coefficient (Wildman–Crippen LogP) is 3.94. The summed E-state index contributed by atoms with van der Waals surface area (Å²) in [6.45, 7) is 16.4. The van der Waals surface area contributed by atoms with Gasteiger partial charge in [0.25, 0.3) is 19.6 Å². The van der Waals surface area contributed by atoms with Crippen LogP contribution in [0.15, 0.2) is 74.0 Å². The highest BCUT2D eigenvalue weighted by molar-refractivity contribution is 7.45. The van der Waals surface area contributed by atoms with Crippen molar-refractivity contribution in [1.29, 1.82) is 0 Å². The van der Waals surface area contributed by atoms with Crippen molar-refractivity contribution in [2.75, 3.05) is 20.1 Å². The van der Waals surface area contributed by atoms with Crippen LogP contribution in [0.1, 0.15) is 106 Å². The summed E-state index contributed by atoms with van der Waals surface area (Å²) in [4.78, 5) is 76.3. The third kappa shape index (κ3) is 11.3. The van der Waals surface area contributed by atoms with Crippen LogP contribution in [0.3, 0.4) is 0 Å². The molecule has 4 aliphatic heterocycles. The molecule has 0 bridgehead atoms. The van der Waals surface area contributed by atoms with Gasteiger partial charge < -0.3 is 42.6 Å². The van der Waals surface area contributed by atoms with Crippen molar-refractivity contribution in [3.05, 3.63) is 102 Å². The summed E-state index contributed by atoms with van der Waals surface area (Å²) in [6.07, 6.45) is -0.506. The van der Waals surface area contributed by atoms with Gasteiger partial charge in [-0.05, 0) is 79.7 Å². The first-order valence-electron chi connectivity index (χ1n) is 21.9. The van der Waals surface area contributed by atoms with Crippen molar-refractivity contribution in [3.8, 4) is 0 Å². The van der Waals surface area contributed by atoms with Gasteiger partial charge in [-0.3, -0.25) is 38.3 Å². The number of fused-ring (bicyclic) bond motifs is 1. The van der Waals surface area contributed by atoms with Gasteiger partial charge in [0.15, 0.2) is 26.0 Å². The van der Waals surface area contributed by atoms with E-state index in [4.69, 9.17) is 37.5 Å². The molecule has 3 aromatic rings. The molecule has 4 fully saturated rings. The van der Waals surface area contributed by atoms with Crippen molar-refractivity contribution < 1.29 is 52.2 Å². The van der Waals surface area contributed by atoms with Crippen LogP contribution in [-0.4, -0.2) is 104 Å². The van der Waals surface area contributed by atoms with E-state index in [2.05, 4.69) is 33.7 Å². The third-order valence-corrected chi connectivity index (χ3v) is 13.5. The van der Waals surface area contributed by atoms with Crippen molar-refractivity contribution in [3.63, 3.8) is 0 Å². The van der Waals surface area contributed by atoms with E-state index in [1.54, 1.807) is 41.5 Å². The number of nitrogens with one attached hydrogen (secondary N) is 2. The van der Waals surface area contributed by atoms with Gasteiger partial charge in [0.2, 0.25) is 0 Å². The Labute approximate surface area is 377 Å². The topological polar surface area (TPSA) is 241 Å². The number of aliphatic hydroxyl groups excluding tert-OH is 1. The van der Waals surface area contributed by atoms with Crippen LogP contribution in [0.4, 0.5) is 0 Å². The molecule has 4 saturated heterocycles. The average Bonchev–Trinajstić information content (AvgIpc) is 4.01. The third-order valence-electron chi connectivity index (χ3n) is 11.7. The Balaban J connectivity index is 0.000000241. The molecule has 6 heterocycles. The van der Waals surface area contributed by atoms with E-state index in [1.165, 1.54) is 29.1 Å². The van der Waals surface area contributed by atoms with E-state index >= 15 is 0 Å². The molecule has 0 spiro atoms. The van der Waals surface area contributed by atoms with Crippen LogP contribution in [-0.2, 0) is 52.7 Å². The zero-order valence-corrected chi connectivity index (χ0v) is 39.2. The van der Waals surface area contributed by atoms with Crippen molar-refractivity contribution >= 4 is 20.5 Å². The summed E-state index contributed by atoms with van der Waals surface area (Å²) in [5.74, 6) is -0.874. The first-order valence-corrected chi connectivity index (χ1v) is 23.0. The second-order valence-electron chi connectivity index (χ2n) is 18.5. The van der Waals surface area contributed by atoms with Crippen LogP contribution in [0.2, 0.25) is 0 Å². The Kier molecular flexibility index (Phi) is 15.9. The quantitative estimate of drug-likeness (QED) is 0.125. The number of nitrogens with zero attached hydrogens (tertiary/aromatic N) is 3. The highest BCUT2D eigenvalue weighted by Crippen LogP contribution is 2.64. The summed E-state index contributed by atoms with van der Waals surface area (Å²) in [5.41, 5.74) is -3.21. The average molecular weight is 932 g/mol. The minimum Gasteiger partial charge on any atom is -0.438 e. The fourth-order valence-corrected chi connectivity index (χ4v) is 10.2. The van der Waals surface area contributed by atoms with E-state index in [0.717, 1.165) is 29.5 Å². The Hall–Kier alpha value is -4.37. The van der Waals surface area contributed by atoms with Gasteiger partial charge in [-0.1, -0.05) is 44.2 Å². The number of rotatable bonds is 13. The lowest BCUT2D eigenvalue weighted by atomic mass is 9.87. The van der Waals surface area contributed by atoms with Gasteiger partial charge in [-0.25, -0.2) is 14.3 Å². The van der Waals surface area contributed by atoms with Crippen LogP contribution < -0.4 is 22.5 Å². The molecule has 3 N–H and O–H groups in total. The van der Waals surface area contributed by atoms with Gasteiger partial charge in [-0.15, -0.1) is 0 Å². The molecule has 0 saturated carbocycles. The summed E-state index contributed by atoms with van der Waals surface area (Å²) in [6, 6.07) is 12.8. The molecule has 11 atom stereocenters. The highest BCUT2D eigenvalue weighted by atomic mass is 31.2. The first-order chi connectivity index (χ1) is 30.7. The Morgan fingerprint density at radius 2 is 1.28 bits per heavy atom. The number of esters is 2. The van der Waals surface area contributed by atoms with Crippen LogP contribution >= 0.6 is 8.53 Å². The summed E-state index contributed by atoms with van der Waals surface area (Å²) >= 11 is 0. The maximum atomic E-state index is 12.7. The van der Waals surface area contributed by atoms with E-state index < -0.39 is 108 Å². The van der Waals surface area contributed by atoms with Gasteiger partial charge in [0.1, 0.15) is 30.0 Å². The largest absolute Gasteiger partial charge is 0.438 e. The number of aromatic amines is 2. The number of H-pyrrole nitrogens is 2. The monoisotopic (exact) mass is 931 g/mol. The maximum Gasteiger partial charge on any atom is 0.330 e. The molecule has 21 heteroatoms. The number of aliphatic hydroxyl groups is 1. The molecule has 20 nitrogen and oxygen atoms in total. The molecule has 4 aliphatic rings. The number of benzene rings is 1. The van der Waals surface area contributed by atoms with Crippen molar-refractivity contribution in [2.24, 2.45) is 10.8 Å². The molecule has 2 unspecified atom stereocenters. The van der Waals surface area contributed by atoms with Gasteiger partial charge in [0.05, 0.1) is 29.1 Å². The van der Waals surface area contributed by atoms with Crippen LogP contribution in [0.25, 0.3) is 0 Å². The number of carbonyl (C=O) groups is 2. The number of hydrogen-bond donors (Lipinski definition) is 3. The normalized spacial score (nSPS) is 30.1. The Morgan fingerprint density at radius 3 is 1.78 bits per heavy atom. The van der Waals surface area contributed by atoms with Crippen molar-refractivity contribution in [1.82, 2.24) is 23.8 Å². The minimum atomic E-state index is -1.49. The minimum absolute atomic E-state index is 0.160. The lowest BCUT2D eigenvalue weighted by molar-refractivity contribution is -0.179. The summed E-state index contributed by atoms with van der Waals surface area (Å²) in [7, 11) is -1.49. The molecule has 65 heavy (non-hydrogen) atoms. The number of hydrogen-bond acceptors (Lipinski definition) is 16. The van der Waals surface area contributed by atoms with E-state index in [1.807, 2.05) is 32.0 Å². The second kappa shape index (κ2) is 20.7. The van der Waals surface area contributed by atoms with E-state index in [-0.39, 0.29) is 19.6 Å². The number of carbonyl (C=O) groups excluding carboxylic acids is 2. The number of aromatic nitrogens is 4. The molecular formula is C44H62N5O15P. The highest BCUT2D eigenvalue weighted by Gasteiger charge is 2.58. The lowest BCUT2D eigenvalue weighted by Crippen LogP contribution is -2.40. The molecular weight excluding hydrogens is 869 g/mol. The van der Waals surface area contributed by atoms with Gasteiger partial charge in [0, 0.05) is 31.1 Å². The number of ether oxygens (including phenoxy) is 6. The van der Waals surface area contributed by atoms with Crippen LogP contribution in [0, 0.1) is 10.8 Å². The van der Waals surface area contributed by atoms with Crippen molar-refractivity contribution in [2.45, 2.75) is 149 Å². The molecule has 7 rings (SSSR count). The second-order valence-corrected chi connectivity index (χ2v) is 19.9. The SMILES string of the molecule is CC[C@H]1O[C@@H](n2ccc(=O)[nH]c2=O)C(OCOC(=O)C(C)(C)C)[C@H]1O.CC[C@H]1O[C@@H](n2ccc(=O)[nH]c2=O)C(OCOC(=O)C(C)(C)C)[C@H]1O[P@@]1O[C@](C)(c2ccccc2)[C@@H]2CCCN21. The first kappa shape index (κ1) is 50.1. The molecule has 2 aromatic heterocycles. The molecule has 0 amide bonds. The Bertz CT molecular complexity index is 2340. The molecule has 1 aromatic carbocycles. The Morgan fingerprint density at radius 1 is 0.769 bits per heavy atom. The molecule has 0 aliphatic carbocycles. The van der Waals surface area contributed by atoms with Gasteiger partial charge in [-0.2, -0.15) is 0 Å². The maximum absolute atomic E-state index is 12.7. The smallest absolute Gasteiger partial charge is 0.330 e. The standard InChI is InChI=1S/C28H38N3O8P.C16H24N2O7/c1-6-19-22(38-40-31-15-10-13-20(31)28(5,39-40)18-11-8-7-9-12-18)23(35-17-36-25(33)27(2,3)4)24(37-19)30-16-14-21(32)29-26(30)34;1-5-9-11(20)12(23-8-24-14(21)16(2,3)4)13(25-9)18-7-6-10(19)17-15(18)22/h7-9,11-12,14,16,19-20,22-24H,6,10,13,15,17H2,1-5H3,(H,29,32,34);6-7,9,11-13,20H,5,8H2,1-4H3,(H,17,19,22)/t19-,20+,22+,23?,24-,28-,40+;9-,11+,12?,13-/m11/s1. The van der Waals surface area contributed by atoms with E-state index in [9.17, 15) is 33.9 Å². The predicted molar refractivity (Wildman–Crippen MR) is 234 cm³/mol. The van der Waals surface area contributed by atoms with E-state index in [0.29, 0.717) is 12.8 Å². The molecule has 0 radical (unpaired) electrons. The summed E-state index contributed by atoms with van der Waals surface area (Å²) in [5, 5.41) is 10.4. The fourth-order valence-electron chi connectivity index (χ4n) is 8.03. The van der Waals surface area contributed by atoms with Crippen LogP contribution in [0.5, 0.6) is 0 Å². The lowest BCUT2D eigenvalue weighted by Gasteiger charge is -2.29.